The highest BCUT2D eigenvalue weighted by atomic mass is 16.5. The van der Waals surface area contributed by atoms with E-state index in [1.165, 1.54) is 0 Å². The van der Waals surface area contributed by atoms with Crippen LogP contribution in [-0.2, 0) is 17.8 Å². The number of aromatic amines is 1. The summed E-state index contributed by atoms with van der Waals surface area (Å²) in [5.41, 5.74) is 2.96. The van der Waals surface area contributed by atoms with Crippen molar-refractivity contribution in [1.82, 2.24) is 9.97 Å². The number of rotatable bonds is 8. The fourth-order valence-electron chi connectivity index (χ4n) is 3.42. The number of aromatic nitrogens is 2. The molecule has 2 aromatic carbocycles. The van der Waals surface area contributed by atoms with Crippen molar-refractivity contribution in [2.24, 2.45) is 5.92 Å². The molecule has 0 amide bonds. The number of nitrogens with zero attached hydrogens (tertiary/aromatic N) is 1. The first-order valence-corrected chi connectivity index (χ1v) is 10.4. The molecule has 5 heteroatoms. The zero-order valence-electron chi connectivity index (χ0n) is 17.4. The summed E-state index contributed by atoms with van der Waals surface area (Å²) in [4.78, 5) is 20.7. The number of oxazole rings is 1. The Kier molecular flexibility index (Phi) is 5.98. The Morgan fingerprint density at radius 2 is 1.90 bits per heavy atom. The van der Waals surface area contributed by atoms with Gasteiger partial charge in [0.2, 0.25) is 0 Å². The molecule has 0 unspecified atom stereocenters. The van der Waals surface area contributed by atoms with Gasteiger partial charge in [-0.05, 0) is 24.0 Å². The number of carbonyl (C=O) groups excluding carboxylic acids is 1. The van der Waals surface area contributed by atoms with Crippen molar-refractivity contribution in [3.05, 3.63) is 77.9 Å². The van der Waals surface area contributed by atoms with Crippen molar-refractivity contribution in [2.75, 3.05) is 0 Å². The number of hydrogen-bond donors (Lipinski definition) is 1. The minimum Gasteiger partial charge on any atom is -0.456 e. The fraction of sp³-hybridized carbons (Fsp3) is 0.280. The second kappa shape index (κ2) is 8.99. The third-order valence-electron chi connectivity index (χ3n) is 5.46. The number of ether oxygens (including phenoxy) is 1. The normalized spacial score (nSPS) is 12.2. The topological polar surface area (TPSA) is 68.1 Å². The highest BCUT2D eigenvalue weighted by Gasteiger charge is 2.25. The van der Waals surface area contributed by atoms with Crippen LogP contribution < -0.4 is 0 Å². The quantitative estimate of drug-likeness (QED) is 0.358. The van der Waals surface area contributed by atoms with Gasteiger partial charge in [0.1, 0.15) is 6.61 Å². The Morgan fingerprint density at radius 3 is 2.70 bits per heavy atom. The van der Waals surface area contributed by atoms with Gasteiger partial charge in [-0.15, -0.1) is 0 Å². The SMILES string of the molecule is CC[C@H](C)CCc1nc(C(=O)OCc2ccccc2)c(-c2c[nH]c3ccccc23)o1. The highest BCUT2D eigenvalue weighted by Crippen LogP contribution is 2.33. The third kappa shape index (κ3) is 4.30. The van der Waals surface area contributed by atoms with Crippen molar-refractivity contribution in [3.8, 4) is 11.3 Å². The molecule has 0 aliphatic carbocycles. The molecule has 4 aromatic rings. The van der Waals surface area contributed by atoms with Crippen LogP contribution in [0.3, 0.4) is 0 Å². The third-order valence-corrected chi connectivity index (χ3v) is 5.46. The van der Waals surface area contributed by atoms with E-state index in [2.05, 4.69) is 23.8 Å². The second-order valence-corrected chi connectivity index (χ2v) is 7.65. The molecule has 0 saturated heterocycles. The van der Waals surface area contributed by atoms with E-state index >= 15 is 0 Å². The molecule has 1 atom stereocenters. The minimum atomic E-state index is -0.474. The molecule has 4 rings (SSSR count). The van der Waals surface area contributed by atoms with Crippen molar-refractivity contribution in [3.63, 3.8) is 0 Å². The van der Waals surface area contributed by atoms with Crippen LogP contribution in [0.2, 0.25) is 0 Å². The Balaban J connectivity index is 1.65. The van der Waals surface area contributed by atoms with Crippen LogP contribution in [0.4, 0.5) is 0 Å². The lowest BCUT2D eigenvalue weighted by molar-refractivity contribution is 0.0467. The van der Waals surface area contributed by atoms with Gasteiger partial charge in [-0.3, -0.25) is 0 Å². The average molecular weight is 402 g/mol. The molecule has 0 spiro atoms. The first-order valence-electron chi connectivity index (χ1n) is 10.4. The van der Waals surface area contributed by atoms with E-state index in [-0.39, 0.29) is 12.3 Å². The summed E-state index contributed by atoms with van der Waals surface area (Å²) in [5.74, 6) is 1.13. The summed E-state index contributed by atoms with van der Waals surface area (Å²) in [5, 5.41) is 0.985. The molecule has 0 bridgehead atoms. The van der Waals surface area contributed by atoms with Gasteiger partial charge in [0.15, 0.2) is 17.3 Å². The number of aryl methyl sites for hydroxylation is 1. The number of nitrogens with one attached hydrogen (secondary N) is 1. The number of H-pyrrole nitrogens is 1. The van der Waals surface area contributed by atoms with Crippen LogP contribution in [0.25, 0.3) is 22.2 Å². The van der Waals surface area contributed by atoms with E-state index in [4.69, 9.17) is 9.15 Å². The molecule has 30 heavy (non-hydrogen) atoms. The number of hydrogen-bond acceptors (Lipinski definition) is 4. The maximum atomic E-state index is 12.9. The Morgan fingerprint density at radius 1 is 1.13 bits per heavy atom. The van der Waals surface area contributed by atoms with E-state index in [9.17, 15) is 4.79 Å². The van der Waals surface area contributed by atoms with Crippen LogP contribution in [0.5, 0.6) is 0 Å². The van der Waals surface area contributed by atoms with E-state index in [1.54, 1.807) is 0 Å². The summed E-state index contributed by atoms with van der Waals surface area (Å²) < 4.78 is 11.7. The van der Waals surface area contributed by atoms with Crippen LogP contribution in [0.1, 0.15) is 48.6 Å². The minimum absolute atomic E-state index is 0.196. The van der Waals surface area contributed by atoms with Crippen molar-refractivity contribution >= 4 is 16.9 Å². The molecule has 2 aromatic heterocycles. The Labute approximate surface area is 176 Å². The van der Waals surface area contributed by atoms with Crippen LogP contribution in [0, 0.1) is 5.92 Å². The van der Waals surface area contributed by atoms with E-state index in [1.807, 2.05) is 60.8 Å². The summed E-state index contributed by atoms with van der Waals surface area (Å²) in [6, 6.07) is 17.5. The molecule has 5 nitrogen and oxygen atoms in total. The molecule has 0 radical (unpaired) electrons. The van der Waals surface area contributed by atoms with E-state index in [0.717, 1.165) is 34.9 Å². The highest BCUT2D eigenvalue weighted by molar-refractivity contribution is 6.01. The monoisotopic (exact) mass is 402 g/mol. The number of para-hydroxylation sites is 1. The number of benzene rings is 2. The largest absolute Gasteiger partial charge is 0.456 e. The lowest BCUT2D eigenvalue weighted by Crippen LogP contribution is -2.07. The summed E-state index contributed by atoms with van der Waals surface area (Å²) in [7, 11) is 0. The number of carbonyl (C=O) groups is 1. The number of fused-ring (bicyclic) bond motifs is 1. The van der Waals surface area contributed by atoms with Gasteiger partial charge in [0, 0.05) is 29.1 Å². The smallest absolute Gasteiger partial charge is 0.361 e. The lowest BCUT2D eigenvalue weighted by Gasteiger charge is -2.04. The Bertz CT molecular complexity index is 1130. The number of esters is 1. The van der Waals surface area contributed by atoms with Crippen LogP contribution in [0.15, 0.2) is 65.2 Å². The maximum Gasteiger partial charge on any atom is 0.361 e. The molecular formula is C25H26N2O3. The molecule has 0 saturated carbocycles. The molecule has 154 valence electrons. The van der Waals surface area contributed by atoms with Crippen molar-refractivity contribution in [1.29, 1.82) is 0 Å². The second-order valence-electron chi connectivity index (χ2n) is 7.65. The van der Waals surface area contributed by atoms with Gasteiger partial charge in [0.25, 0.3) is 0 Å². The summed E-state index contributed by atoms with van der Waals surface area (Å²) in [6.07, 6.45) is 4.61. The van der Waals surface area contributed by atoms with Crippen LogP contribution >= 0.6 is 0 Å². The first kappa shape index (κ1) is 20.0. The fourth-order valence-corrected chi connectivity index (χ4v) is 3.42. The first-order chi connectivity index (χ1) is 14.7. The molecule has 1 N–H and O–H groups in total. The summed E-state index contributed by atoms with van der Waals surface area (Å²) in [6.45, 7) is 4.57. The van der Waals surface area contributed by atoms with Gasteiger partial charge in [-0.1, -0.05) is 68.8 Å². The predicted molar refractivity (Wildman–Crippen MR) is 117 cm³/mol. The van der Waals surface area contributed by atoms with Gasteiger partial charge < -0.3 is 14.1 Å². The summed E-state index contributed by atoms with van der Waals surface area (Å²) >= 11 is 0. The lowest BCUT2D eigenvalue weighted by atomic mass is 10.0. The van der Waals surface area contributed by atoms with E-state index in [0.29, 0.717) is 24.0 Å². The van der Waals surface area contributed by atoms with Gasteiger partial charge >= 0.3 is 5.97 Å². The molecule has 2 heterocycles. The predicted octanol–water partition coefficient (Wildman–Crippen LogP) is 6.16. The van der Waals surface area contributed by atoms with Gasteiger partial charge in [-0.2, -0.15) is 0 Å². The van der Waals surface area contributed by atoms with Crippen LogP contribution in [-0.4, -0.2) is 15.9 Å². The zero-order valence-corrected chi connectivity index (χ0v) is 17.4. The van der Waals surface area contributed by atoms with E-state index < -0.39 is 5.97 Å². The Hall–Kier alpha value is -3.34. The molecule has 0 fully saturated rings. The van der Waals surface area contributed by atoms with Gasteiger partial charge in [0.05, 0.1) is 0 Å². The maximum absolute atomic E-state index is 12.9. The van der Waals surface area contributed by atoms with Gasteiger partial charge in [-0.25, -0.2) is 9.78 Å². The molecular weight excluding hydrogens is 376 g/mol. The molecule has 0 aliphatic rings. The molecule has 0 aliphatic heterocycles. The van der Waals surface area contributed by atoms with Crippen molar-refractivity contribution < 1.29 is 13.9 Å². The van der Waals surface area contributed by atoms with Crippen molar-refractivity contribution in [2.45, 2.75) is 39.7 Å². The standard InChI is InChI=1S/C25H26N2O3/c1-3-17(2)13-14-22-27-23(25(28)29-16-18-9-5-4-6-10-18)24(30-22)20-15-26-21-12-8-7-11-19(20)21/h4-12,15,17,26H,3,13-14,16H2,1-2H3/t17-/m0/s1. The average Bonchev–Trinajstić information content (AvgIpc) is 3.40. The zero-order chi connectivity index (χ0) is 20.9.